The van der Waals surface area contributed by atoms with Crippen LogP contribution in [0.25, 0.3) is 0 Å². The van der Waals surface area contributed by atoms with Crippen molar-refractivity contribution in [2.75, 3.05) is 6.61 Å². The summed E-state index contributed by atoms with van der Waals surface area (Å²) in [6, 6.07) is 7.47. The number of rotatable bonds is 2. The Labute approximate surface area is 86.9 Å². The molecule has 1 aliphatic rings. The Morgan fingerprint density at radius 1 is 1.50 bits per heavy atom. The number of aliphatic hydroxyl groups excluding tert-OH is 1. The van der Waals surface area contributed by atoms with E-state index < -0.39 is 0 Å². The first-order valence-corrected chi connectivity index (χ1v) is 4.77. The van der Waals surface area contributed by atoms with E-state index >= 15 is 0 Å². The summed E-state index contributed by atoms with van der Waals surface area (Å²) >= 11 is 6.00. The average Bonchev–Trinajstić information content (AvgIpc) is 2.67. The first kappa shape index (κ1) is 9.49. The SMILES string of the molecule is OCC1CC(c2ccccc2Cl)=NO1. The van der Waals surface area contributed by atoms with E-state index in [1.54, 1.807) is 0 Å². The molecule has 3 nitrogen and oxygen atoms in total. The van der Waals surface area contributed by atoms with Crippen molar-refractivity contribution in [1.29, 1.82) is 0 Å². The standard InChI is InChI=1S/C10H10ClNO2/c11-9-4-2-1-3-8(9)10-5-7(6-13)14-12-10/h1-4,7,13H,5-6H2. The van der Waals surface area contributed by atoms with Crippen LogP contribution in [-0.2, 0) is 4.84 Å². The zero-order chi connectivity index (χ0) is 9.97. The van der Waals surface area contributed by atoms with Crippen molar-refractivity contribution in [2.45, 2.75) is 12.5 Å². The van der Waals surface area contributed by atoms with E-state index in [0.29, 0.717) is 11.4 Å². The molecule has 0 saturated carbocycles. The molecule has 2 rings (SSSR count). The van der Waals surface area contributed by atoms with Gasteiger partial charge in [0.25, 0.3) is 0 Å². The zero-order valence-electron chi connectivity index (χ0n) is 7.48. The van der Waals surface area contributed by atoms with Gasteiger partial charge in [0, 0.05) is 17.0 Å². The minimum absolute atomic E-state index is 0.0164. The molecule has 0 bridgehead atoms. The molecule has 0 aromatic heterocycles. The summed E-state index contributed by atoms with van der Waals surface area (Å²) in [4.78, 5) is 5.00. The van der Waals surface area contributed by atoms with Gasteiger partial charge >= 0.3 is 0 Å². The van der Waals surface area contributed by atoms with Crippen LogP contribution in [0.3, 0.4) is 0 Å². The molecular formula is C10H10ClNO2. The number of oxime groups is 1. The van der Waals surface area contributed by atoms with E-state index in [-0.39, 0.29) is 12.7 Å². The molecule has 0 radical (unpaired) electrons. The van der Waals surface area contributed by atoms with Crippen LogP contribution in [0.1, 0.15) is 12.0 Å². The Morgan fingerprint density at radius 3 is 2.93 bits per heavy atom. The maximum atomic E-state index is 8.87. The zero-order valence-corrected chi connectivity index (χ0v) is 8.24. The normalized spacial score (nSPS) is 20.4. The fourth-order valence-corrected chi connectivity index (χ4v) is 1.63. The van der Waals surface area contributed by atoms with Gasteiger partial charge < -0.3 is 9.94 Å². The van der Waals surface area contributed by atoms with E-state index in [9.17, 15) is 0 Å². The molecule has 0 fully saturated rings. The molecule has 1 N–H and O–H groups in total. The minimum atomic E-state index is -0.221. The first-order valence-electron chi connectivity index (χ1n) is 4.39. The summed E-state index contributed by atoms with van der Waals surface area (Å²) in [6.07, 6.45) is 0.390. The van der Waals surface area contributed by atoms with Crippen molar-refractivity contribution < 1.29 is 9.94 Å². The van der Waals surface area contributed by atoms with Gasteiger partial charge in [0.2, 0.25) is 0 Å². The van der Waals surface area contributed by atoms with Gasteiger partial charge in [-0.15, -0.1) is 0 Å². The maximum Gasteiger partial charge on any atom is 0.156 e. The Balaban J connectivity index is 2.22. The van der Waals surface area contributed by atoms with Crippen molar-refractivity contribution in [2.24, 2.45) is 5.16 Å². The molecule has 0 aliphatic carbocycles. The number of hydrogen-bond acceptors (Lipinski definition) is 3. The Hall–Kier alpha value is -1.06. The molecular weight excluding hydrogens is 202 g/mol. The Bertz CT molecular complexity index is 365. The molecule has 1 aromatic rings. The number of hydrogen-bond donors (Lipinski definition) is 1. The van der Waals surface area contributed by atoms with Crippen molar-refractivity contribution >= 4 is 17.3 Å². The number of halogens is 1. The third kappa shape index (κ3) is 1.74. The molecule has 1 unspecified atom stereocenters. The van der Waals surface area contributed by atoms with E-state index in [1.807, 2.05) is 24.3 Å². The van der Waals surface area contributed by atoms with Crippen LogP contribution in [0.4, 0.5) is 0 Å². The monoisotopic (exact) mass is 211 g/mol. The molecule has 74 valence electrons. The molecule has 1 aromatic carbocycles. The molecule has 0 saturated heterocycles. The van der Waals surface area contributed by atoms with Gasteiger partial charge in [0.1, 0.15) is 0 Å². The fraction of sp³-hybridized carbons (Fsp3) is 0.300. The predicted octanol–water partition coefficient (Wildman–Crippen LogP) is 1.83. The highest BCUT2D eigenvalue weighted by atomic mass is 35.5. The lowest BCUT2D eigenvalue weighted by molar-refractivity contribution is 0.0390. The van der Waals surface area contributed by atoms with E-state index in [1.165, 1.54) is 0 Å². The van der Waals surface area contributed by atoms with Crippen molar-refractivity contribution in [3.05, 3.63) is 34.9 Å². The summed E-state index contributed by atoms with van der Waals surface area (Å²) in [5, 5.41) is 13.4. The Morgan fingerprint density at radius 2 is 2.29 bits per heavy atom. The lowest BCUT2D eigenvalue weighted by Gasteiger charge is -2.02. The topological polar surface area (TPSA) is 41.8 Å². The second kappa shape index (κ2) is 3.98. The average molecular weight is 212 g/mol. The van der Waals surface area contributed by atoms with Crippen LogP contribution in [-0.4, -0.2) is 23.5 Å². The van der Waals surface area contributed by atoms with Crippen LogP contribution >= 0.6 is 11.6 Å². The molecule has 14 heavy (non-hydrogen) atoms. The van der Waals surface area contributed by atoms with Crippen LogP contribution in [0.2, 0.25) is 5.02 Å². The summed E-state index contributed by atoms with van der Waals surface area (Å²) < 4.78 is 0. The summed E-state index contributed by atoms with van der Waals surface area (Å²) in [6.45, 7) is -0.0164. The fourth-order valence-electron chi connectivity index (χ4n) is 1.38. The molecule has 0 amide bonds. The van der Waals surface area contributed by atoms with Crippen molar-refractivity contribution in [3.63, 3.8) is 0 Å². The second-order valence-corrected chi connectivity index (χ2v) is 3.54. The third-order valence-electron chi connectivity index (χ3n) is 2.12. The van der Waals surface area contributed by atoms with Gasteiger partial charge in [-0.1, -0.05) is 35.0 Å². The van der Waals surface area contributed by atoms with E-state index in [0.717, 1.165) is 11.3 Å². The smallest absolute Gasteiger partial charge is 0.156 e. The highest BCUT2D eigenvalue weighted by Crippen LogP contribution is 2.22. The summed E-state index contributed by atoms with van der Waals surface area (Å²) in [7, 11) is 0. The highest BCUT2D eigenvalue weighted by Gasteiger charge is 2.22. The van der Waals surface area contributed by atoms with Crippen LogP contribution in [0, 0.1) is 0 Å². The molecule has 1 aliphatic heterocycles. The number of benzene rings is 1. The number of aliphatic hydroxyl groups is 1. The molecule has 4 heteroatoms. The predicted molar refractivity (Wildman–Crippen MR) is 54.6 cm³/mol. The molecule has 0 spiro atoms. The molecule has 1 atom stereocenters. The summed E-state index contributed by atoms with van der Waals surface area (Å²) in [5.74, 6) is 0. The van der Waals surface area contributed by atoms with Gasteiger partial charge in [-0.05, 0) is 6.07 Å². The van der Waals surface area contributed by atoms with Crippen LogP contribution in [0.5, 0.6) is 0 Å². The van der Waals surface area contributed by atoms with Gasteiger partial charge in [-0.3, -0.25) is 0 Å². The number of nitrogens with zero attached hydrogens (tertiary/aromatic N) is 1. The van der Waals surface area contributed by atoms with E-state index in [4.69, 9.17) is 21.5 Å². The lowest BCUT2D eigenvalue weighted by atomic mass is 10.1. The highest BCUT2D eigenvalue weighted by molar-refractivity contribution is 6.34. The van der Waals surface area contributed by atoms with Crippen LogP contribution < -0.4 is 0 Å². The Kier molecular flexibility index (Phi) is 2.70. The largest absolute Gasteiger partial charge is 0.392 e. The third-order valence-corrected chi connectivity index (χ3v) is 2.45. The second-order valence-electron chi connectivity index (χ2n) is 3.13. The van der Waals surface area contributed by atoms with Gasteiger partial charge in [0.15, 0.2) is 6.10 Å². The maximum absolute atomic E-state index is 8.87. The van der Waals surface area contributed by atoms with Gasteiger partial charge in [-0.2, -0.15) is 0 Å². The first-order chi connectivity index (χ1) is 6.81. The van der Waals surface area contributed by atoms with Gasteiger partial charge in [0.05, 0.1) is 12.3 Å². The summed E-state index contributed by atoms with van der Waals surface area (Å²) in [5.41, 5.74) is 1.68. The van der Waals surface area contributed by atoms with Crippen LogP contribution in [0.15, 0.2) is 29.4 Å². The van der Waals surface area contributed by atoms with Crippen molar-refractivity contribution in [3.8, 4) is 0 Å². The minimum Gasteiger partial charge on any atom is -0.392 e. The van der Waals surface area contributed by atoms with Gasteiger partial charge in [-0.25, -0.2) is 0 Å². The molecule has 1 heterocycles. The quantitative estimate of drug-likeness (QED) is 0.811. The lowest BCUT2D eigenvalue weighted by Crippen LogP contribution is -2.12. The van der Waals surface area contributed by atoms with E-state index in [2.05, 4.69) is 5.16 Å². The van der Waals surface area contributed by atoms with Crippen molar-refractivity contribution in [1.82, 2.24) is 0 Å².